The molecule has 0 unspecified atom stereocenters. The average molecular weight is 400 g/mol. The molecule has 0 bridgehead atoms. The van der Waals surface area contributed by atoms with Crippen LogP contribution in [0.3, 0.4) is 0 Å². The molecule has 1 amide bonds. The van der Waals surface area contributed by atoms with Crippen LogP contribution in [0.5, 0.6) is 5.75 Å². The number of nitrogens with one attached hydrogen (secondary N) is 2. The van der Waals surface area contributed by atoms with Crippen LogP contribution in [0.2, 0.25) is 0 Å². The fraction of sp³-hybridized carbons (Fsp3) is 0.158. The number of sulfonamides is 1. The van der Waals surface area contributed by atoms with Crippen molar-refractivity contribution in [3.63, 3.8) is 0 Å². The average Bonchev–Trinajstić information content (AvgIpc) is 3.11. The molecule has 0 fully saturated rings. The molecule has 3 rings (SSSR count). The van der Waals surface area contributed by atoms with E-state index >= 15 is 0 Å². The number of aryl methyl sites for hydroxylation is 1. The van der Waals surface area contributed by atoms with Crippen LogP contribution in [0.1, 0.15) is 5.56 Å². The number of imidazole rings is 1. The molecule has 2 N–H and O–H groups in total. The normalized spacial score (nSPS) is 11.2. The predicted octanol–water partition coefficient (Wildman–Crippen LogP) is 2.55. The molecule has 9 heteroatoms. The van der Waals surface area contributed by atoms with Crippen molar-refractivity contribution in [1.82, 2.24) is 14.3 Å². The first kappa shape index (κ1) is 19.6. The molecular weight excluding hydrogens is 380 g/mol. The molecule has 0 saturated heterocycles. The van der Waals surface area contributed by atoms with Crippen LogP contribution < -0.4 is 14.8 Å². The number of para-hydroxylation sites is 1. The number of carbonyl (C=O) groups is 1. The zero-order chi connectivity index (χ0) is 20.0. The summed E-state index contributed by atoms with van der Waals surface area (Å²) in [5.41, 5.74) is 1.55. The van der Waals surface area contributed by atoms with Crippen LogP contribution in [-0.2, 0) is 23.5 Å². The fourth-order valence-corrected chi connectivity index (χ4v) is 3.44. The number of anilines is 1. The monoisotopic (exact) mass is 400 g/mol. The van der Waals surface area contributed by atoms with Crippen molar-refractivity contribution in [2.45, 2.75) is 11.4 Å². The number of nitrogens with zero attached hydrogens (tertiary/aromatic N) is 2. The van der Waals surface area contributed by atoms with E-state index in [1.54, 1.807) is 48.0 Å². The summed E-state index contributed by atoms with van der Waals surface area (Å²) < 4.78 is 33.5. The SMILES string of the molecule is Cn1cnc(S(=O)(=O)NCCc2ccc(OC(=O)Nc3ccccc3)cc2)c1. The van der Waals surface area contributed by atoms with E-state index in [1.165, 1.54) is 12.5 Å². The third-order valence-electron chi connectivity index (χ3n) is 3.82. The number of hydrogen-bond acceptors (Lipinski definition) is 5. The number of hydrogen-bond donors (Lipinski definition) is 2. The van der Waals surface area contributed by atoms with Gasteiger partial charge in [0.2, 0.25) is 0 Å². The lowest BCUT2D eigenvalue weighted by Crippen LogP contribution is -2.26. The molecule has 2 aromatic carbocycles. The number of benzene rings is 2. The second kappa shape index (κ2) is 8.68. The van der Waals surface area contributed by atoms with Crippen molar-refractivity contribution >= 4 is 21.8 Å². The van der Waals surface area contributed by atoms with Crippen molar-refractivity contribution in [1.29, 1.82) is 0 Å². The maximum atomic E-state index is 12.1. The molecular formula is C19H20N4O4S. The van der Waals surface area contributed by atoms with Crippen molar-refractivity contribution in [2.75, 3.05) is 11.9 Å². The summed E-state index contributed by atoms with van der Waals surface area (Å²) in [5.74, 6) is 0.395. The van der Waals surface area contributed by atoms with Crippen LogP contribution in [0, 0.1) is 0 Å². The van der Waals surface area contributed by atoms with Gasteiger partial charge in [0.1, 0.15) is 5.75 Å². The van der Waals surface area contributed by atoms with E-state index in [2.05, 4.69) is 15.0 Å². The quantitative estimate of drug-likeness (QED) is 0.635. The highest BCUT2D eigenvalue weighted by molar-refractivity contribution is 7.89. The Hall–Kier alpha value is -3.17. The summed E-state index contributed by atoms with van der Waals surface area (Å²) >= 11 is 0. The number of amides is 1. The first-order valence-corrected chi connectivity index (χ1v) is 10.0. The highest BCUT2D eigenvalue weighted by atomic mass is 32.2. The third kappa shape index (κ3) is 5.41. The third-order valence-corrected chi connectivity index (χ3v) is 5.16. The molecule has 0 aliphatic carbocycles. The lowest BCUT2D eigenvalue weighted by Gasteiger charge is -2.08. The van der Waals surface area contributed by atoms with E-state index in [4.69, 9.17) is 4.74 Å². The summed E-state index contributed by atoms with van der Waals surface area (Å²) in [7, 11) is -1.92. The zero-order valence-electron chi connectivity index (χ0n) is 15.2. The Labute approximate surface area is 163 Å². The maximum absolute atomic E-state index is 12.1. The molecule has 146 valence electrons. The molecule has 0 saturated carbocycles. The minimum atomic E-state index is -3.62. The van der Waals surface area contributed by atoms with Crippen molar-refractivity contribution in [3.8, 4) is 5.75 Å². The molecule has 0 aliphatic rings. The molecule has 1 heterocycles. The molecule has 0 aliphatic heterocycles. The van der Waals surface area contributed by atoms with Crippen molar-refractivity contribution in [2.24, 2.45) is 7.05 Å². The zero-order valence-corrected chi connectivity index (χ0v) is 16.0. The molecule has 0 spiro atoms. The Bertz CT molecular complexity index is 1030. The van der Waals surface area contributed by atoms with E-state index in [-0.39, 0.29) is 11.6 Å². The number of rotatable bonds is 7. The van der Waals surface area contributed by atoms with E-state index in [0.29, 0.717) is 17.9 Å². The van der Waals surface area contributed by atoms with Gasteiger partial charge in [0, 0.05) is 25.5 Å². The largest absolute Gasteiger partial charge is 0.417 e. The van der Waals surface area contributed by atoms with Gasteiger partial charge in [-0.2, -0.15) is 0 Å². The second-order valence-electron chi connectivity index (χ2n) is 6.05. The van der Waals surface area contributed by atoms with Gasteiger partial charge < -0.3 is 9.30 Å². The Morgan fingerprint density at radius 1 is 1.11 bits per heavy atom. The van der Waals surface area contributed by atoms with Gasteiger partial charge >= 0.3 is 6.09 Å². The number of ether oxygens (including phenoxy) is 1. The molecule has 3 aromatic rings. The number of carbonyl (C=O) groups excluding carboxylic acids is 1. The topological polar surface area (TPSA) is 102 Å². The Morgan fingerprint density at radius 3 is 2.46 bits per heavy atom. The van der Waals surface area contributed by atoms with Gasteiger partial charge in [-0.3, -0.25) is 5.32 Å². The van der Waals surface area contributed by atoms with Crippen LogP contribution in [-0.4, -0.2) is 30.6 Å². The first-order valence-electron chi connectivity index (χ1n) is 8.53. The number of aromatic nitrogens is 2. The summed E-state index contributed by atoms with van der Waals surface area (Å²) in [5, 5.41) is 2.62. The molecule has 28 heavy (non-hydrogen) atoms. The summed E-state index contributed by atoms with van der Waals surface area (Å²) in [6, 6.07) is 15.9. The van der Waals surface area contributed by atoms with Crippen molar-refractivity contribution in [3.05, 3.63) is 72.7 Å². The maximum Gasteiger partial charge on any atom is 0.417 e. The van der Waals surface area contributed by atoms with Gasteiger partial charge in [0.05, 0.1) is 6.33 Å². The summed E-state index contributed by atoms with van der Waals surface area (Å²) in [4.78, 5) is 15.7. The van der Waals surface area contributed by atoms with Crippen LogP contribution in [0.4, 0.5) is 10.5 Å². The van der Waals surface area contributed by atoms with Crippen LogP contribution in [0.25, 0.3) is 0 Å². The van der Waals surface area contributed by atoms with E-state index in [1.807, 2.05) is 18.2 Å². The lowest BCUT2D eigenvalue weighted by atomic mass is 10.1. The molecule has 0 atom stereocenters. The minimum Gasteiger partial charge on any atom is -0.410 e. The van der Waals surface area contributed by atoms with Gasteiger partial charge in [0.25, 0.3) is 10.0 Å². The van der Waals surface area contributed by atoms with E-state index in [0.717, 1.165) is 5.56 Å². The van der Waals surface area contributed by atoms with Gasteiger partial charge in [-0.05, 0) is 36.2 Å². The van der Waals surface area contributed by atoms with Crippen LogP contribution >= 0.6 is 0 Å². The van der Waals surface area contributed by atoms with Gasteiger partial charge in [-0.1, -0.05) is 30.3 Å². The lowest BCUT2D eigenvalue weighted by molar-refractivity contribution is 0.215. The molecule has 8 nitrogen and oxygen atoms in total. The van der Waals surface area contributed by atoms with E-state index < -0.39 is 16.1 Å². The van der Waals surface area contributed by atoms with Crippen molar-refractivity contribution < 1.29 is 17.9 Å². The first-order chi connectivity index (χ1) is 13.4. The summed E-state index contributed by atoms with van der Waals surface area (Å²) in [6.45, 7) is 0.230. The van der Waals surface area contributed by atoms with Gasteiger partial charge in [-0.15, -0.1) is 0 Å². The summed E-state index contributed by atoms with van der Waals surface area (Å²) in [6.07, 6.45) is 2.78. The predicted molar refractivity (Wildman–Crippen MR) is 105 cm³/mol. The highest BCUT2D eigenvalue weighted by Crippen LogP contribution is 2.14. The highest BCUT2D eigenvalue weighted by Gasteiger charge is 2.16. The van der Waals surface area contributed by atoms with E-state index in [9.17, 15) is 13.2 Å². The minimum absolute atomic E-state index is 0.0109. The molecule has 1 aromatic heterocycles. The Kier molecular flexibility index (Phi) is 6.07. The standard InChI is InChI=1S/C19H20N4O4S/c1-23-13-18(20-14-23)28(25,26)21-12-11-15-7-9-17(10-8-15)27-19(24)22-16-5-3-2-4-6-16/h2-10,13-14,21H,11-12H2,1H3,(H,22,24). The Morgan fingerprint density at radius 2 is 1.82 bits per heavy atom. The smallest absolute Gasteiger partial charge is 0.410 e. The second-order valence-corrected chi connectivity index (χ2v) is 7.76. The van der Waals surface area contributed by atoms with Gasteiger partial charge in [0.15, 0.2) is 5.03 Å². The van der Waals surface area contributed by atoms with Crippen LogP contribution in [0.15, 0.2) is 72.1 Å². The van der Waals surface area contributed by atoms with Gasteiger partial charge in [-0.25, -0.2) is 22.9 Å². The molecule has 0 radical (unpaired) electrons. The fourth-order valence-electron chi connectivity index (χ4n) is 2.43. The Balaban J connectivity index is 1.48.